The van der Waals surface area contributed by atoms with Crippen LogP contribution in [0.1, 0.15) is 128 Å². The molecule has 9 aliphatic heterocycles. The summed E-state index contributed by atoms with van der Waals surface area (Å²) in [7, 11) is 4.50. The number of carbonyl (C=O) groups excluding carboxylic acids is 2. The molecule has 6 aromatic carbocycles. The van der Waals surface area contributed by atoms with Crippen LogP contribution in [0.2, 0.25) is 0 Å². The van der Waals surface area contributed by atoms with Crippen LogP contribution in [0, 0.1) is 17.8 Å². The summed E-state index contributed by atoms with van der Waals surface area (Å²) in [6.45, 7) is 0. The summed E-state index contributed by atoms with van der Waals surface area (Å²) in [6, 6.07) is 47.4. The molecule has 18 rings (SSSR count). The zero-order valence-corrected chi connectivity index (χ0v) is 74.3. The molecule has 614 valence electrons. The van der Waals surface area contributed by atoms with Gasteiger partial charge in [-0.05, 0) is 167 Å². The van der Waals surface area contributed by atoms with Gasteiger partial charge in [0.1, 0.15) is 17.2 Å². The molecule has 9 aromatic rings. The minimum atomic E-state index is -4.85. The van der Waals surface area contributed by atoms with Crippen molar-refractivity contribution in [2.45, 2.75) is 143 Å². The third-order valence-corrected chi connectivity index (χ3v) is 23.2. The normalized spacial score (nSPS) is 22.5. The van der Waals surface area contributed by atoms with Crippen molar-refractivity contribution in [3.8, 4) is 74.0 Å². The quantitative estimate of drug-likeness (QED) is 0.0597. The van der Waals surface area contributed by atoms with Crippen LogP contribution in [-0.4, -0.2) is 150 Å². The standard InChI is InChI=1S/C28H25F3N2O3.C26H26N2O2.C23H21BrF3NO3.C5H6BNO2.CH2Cl2.CH4O.BBr3.Na.H2O/c1-35-23-6-2-5-22-25(18-12-19-8-9-20(13-18)33(19)27(34)28(29,30)31)21-10-7-16(14-24(21)36-26(22)23)17-4-3-11-32-15-17;1-29-23-6-2-5-22-25(18-12-19-8-9-20(13-18)28-19)21-10-7-16(14-24(21)30-26(22)23)17-4-3-11-27-15-17;1-30-18-4-2-3-17-20(16-8-5-13(24)11-19(16)31-21(17)18)12-9-14-6-7-15(10-12)28(14)22(29)23(25,26)27;8-6(9)5-2-1-3-7-4-5;2-1-3;1-2;2-1(3)4;;/h2-7,10-11,14-15,18-20,25H,8-9,12-13H2,1H3;2-7,10-11,14-15,18-20,25,28H,8-9,12-13H2,1H3;2-5,8,11-12,14-15,20H,6-7,9-10H2,1H3;1-4,8-9H;1H2;2H,1H3;;;1H2/q;;;;;;;+1;/p-1. The first kappa shape index (κ1) is 92.8. The fraction of sp³-hybridized carbons (Fsp3) is 0.369. The number of halogens is 12. The number of methoxy groups -OCH3 is 3. The molecule has 9 aliphatic rings. The van der Waals surface area contributed by atoms with Gasteiger partial charge < -0.3 is 64.2 Å². The topological polar surface area (TPSA) is 237 Å². The first-order valence-electron chi connectivity index (χ1n) is 37.6. The Morgan fingerprint density at radius 2 is 0.821 bits per heavy atom. The zero-order chi connectivity index (χ0) is 82.0. The molecule has 2 amide bonds. The van der Waals surface area contributed by atoms with Crippen LogP contribution in [0.4, 0.5) is 26.3 Å². The van der Waals surface area contributed by atoms with Crippen molar-refractivity contribution in [3.63, 3.8) is 0 Å². The largest absolute Gasteiger partial charge is 1.00 e. The molecular weight excluding hydrogens is 1830 g/mol. The first-order chi connectivity index (χ1) is 55.4. The molecule has 6 saturated heterocycles. The van der Waals surface area contributed by atoms with Crippen molar-refractivity contribution in [2.24, 2.45) is 17.8 Å². The Morgan fingerprint density at radius 1 is 0.487 bits per heavy atom. The van der Waals surface area contributed by atoms with Gasteiger partial charge in [0.2, 0.25) is 0 Å². The SMILES string of the molecule is BrB(Br)Br.CO.COc1cccc2c1Oc1cc(-c3cccnc3)ccc1C2C1CC2CCC(C1)N2.COc1cccc2c1Oc1cc(-c3cccnc3)ccc1C2C1CC2CCC(C1)N2C(=O)C(F)(F)F.COc1cccc2c1Oc1cc(Br)ccc1C2C1CC2CCC(C1)N2C(=O)C(F)(F)F.ClCCl.OB(O)c1cccnc1.[Na+].[OH-]. The second-order valence-corrected chi connectivity index (χ2v) is 37.2. The number of amides is 2. The molecule has 5 N–H and O–H groups in total. The number of ether oxygens (including phenoxy) is 6. The van der Waals surface area contributed by atoms with E-state index in [1.54, 1.807) is 58.2 Å². The minimum Gasteiger partial charge on any atom is -0.870 e. The molecule has 9 atom stereocenters. The van der Waals surface area contributed by atoms with Crippen molar-refractivity contribution in [3.05, 3.63) is 221 Å². The monoisotopic (exact) mass is 1910 g/mol. The third kappa shape index (κ3) is 21.4. The van der Waals surface area contributed by atoms with Gasteiger partial charge in [-0.25, -0.2) is 0 Å². The number of aromatic nitrogens is 3. The van der Waals surface area contributed by atoms with Gasteiger partial charge in [0, 0.05) is 153 Å². The summed E-state index contributed by atoms with van der Waals surface area (Å²) in [6.07, 6.45) is 10.1. The Balaban J connectivity index is 0.000000166. The number of benzene rings is 6. The van der Waals surface area contributed by atoms with Crippen LogP contribution in [0.15, 0.2) is 187 Å². The van der Waals surface area contributed by atoms with Crippen LogP contribution in [-0.2, 0) is 9.59 Å². The average molecular weight is 1920 g/mol. The molecule has 3 aromatic heterocycles. The fourth-order valence-corrected chi connectivity index (χ4v) is 18.7. The van der Waals surface area contributed by atoms with Gasteiger partial charge in [-0.15, -0.1) is 70.5 Å². The van der Waals surface area contributed by atoms with Gasteiger partial charge in [0.25, 0.3) is 0 Å². The predicted octanol–water partition coefficient (Wildman–Crippen LogP) is 16.7. The van der Waals surface area contributed by atoms with Crippen LogP contribution < -0.4 is 68.8 Å². The van der Waals surface area contributed by atoms with E-state index >= 15 is 0 Å². The van der Waals surface area contributed by atoms with E-state index in [0.29, 0.717) is 109 Å². The van der Waals surface area contributed by atoms with Gasteiger partial charge in [0.15, 0.2) is 34.5 Å². The Labute approximate surface area is 741 Å². The number of alkyl halides is 8. The van der Waals surface area contributed by atoms with E-state index in [1.165, 1.54) is 43.0 Å². The number of piperidine rings is 3. The van der Waals surface area contributed by atoms with Gasteiger partial charge in [0.05, 0.1) is 26.7 Å². The number of aliphatic hydroxyl groups is 1. The summed E-state index contributed by atoms with van der Waals surface area (Å²) in [5.74, 6) is 4.21. The molecule has 9 unspecified atom stereocenters. The second kappa shape index (κ2) is 41.9. The van der Waals surface area contributed by atoms with E-state index in [9.17, 15) is 35.9 Å². The molecule has 6 bridgehead atoms. The predicted molar refractivity (Wildman–Crippen MR) is 449 cm³/mol. The third-order valence-electron chi connectivity index (χ3n) is 22.7. The molecule has 0 spiro atoms. The van der Waals surface area contributed by atoms with Gasteiger partial charge in [-0.1, -0.05) is 101 Å². The maximum atomic E-state index is 13.3. The smallest absolute Gasteiger partial charge is 0.870 e. The summed E-state index contributed by atoms with van der Waals surface area (Å²) in [5.41, 5.74) is 11.1. The second-order valence-electron chi connectivity index (χ2n) is 29.1. The number of rotatable bonds is 9. The number of carbonyl (C=O) groups is 2. The maximum Gasteiger partial charge on any atom is 1.00 e. The van der Waals surface area contributed by atoms with Gasteiger partial charge in [-0.2, -0.15) is 26.3 Å². The van der Waals surface area contributed by atoms with Crippen LogP contribution in [0.25, 0.3) is 22.3 Å². The van der Waals surface area contributed by atoms with Crippen molar-refractivity contribution in [2.75, 3.05) is 33.8 Å². The zero-order valence-electron chi connectivity index (χ0n) is 64.4. The molecule has 18 nitrogen and oxygen atoms in total. The van der Waals surface area contributed by atoms with Crippen LogP contribution in [0.3, 0.4) is 0 Å². The Morgan fingerprint density at radius 3 is 1.13 bits per heavy atom. The van der Waals surface area contributed by atoms with E-state index < -0.39 is 43.4 Å². The van der Waals surface area contributed by atoms with Crippen molar-refractivity contribution in [1.82, 2.24) is 30.1 Å². The summed E-state index contributed by atoms with van der Waals surface area (Å²) in [5, 5.41) is 28.1. The summed E-state index contributed by atoms with van der Waals surface area (Å²) in [4.78, 5) is 38.6. The maximum absolute atomic E-state index is 13.3. The number of para-hydroxylation sites is 3. The van der Waals surface area contributed by atoms with Crippen LogP contribution in [0.5, 0.6) is 51.7 Å². The average Bonchev–Trinajstić information content (AvgIpc) is 1.63. The summed E-state index contributed by atoms with van der Waals surface area (Å²) >= 11 is 22.3. The number of fused-ring (bicyclic) bond motifs is 12. The number of aliphatic hydroxyl groups excluding tert-OH is 1. The summed E-state index contributed by atoms with van der Waals surface area (Å²) < 4.78 is 116. The van der Waals surface area contributed by atoms with E-state index in [1.807, 2.05) is 97.2 Å². The Kier molecular flexibility index (Phi) is 33.2. The van der Waals surface area contributed by atoms with E-state index in [-0.39, 0.29) is 79.3 Å². The van der Waals surface area contributed by atoms with E-state index in [4.69, 9.17) is 66.8 Å². The number of hydrogen-bond donors (Lipinski definition) is 4. The Hall–Kier alpha value is -6.48. The van der Waals surface area contributed by atoms with E-state index in [2.05, 4.69) is 126 Å². The molecule has 117 heavy (non-hydrogen) atoms. The Bertz CT molecular complexity index is 4790. The molecular formula is C84H85B2Br4Cl2F6N6NaO12. The number of nitrogens with one attached hydrogen (secondary N) is 1. The molecule has 33 heteroatoms. The molecule has 12 heterocycles. The molecule has 6 fully saturated rings. The number of nitrogens with zero attached hydrogens (tertiary/aromatic N) is 5. The van der Waals surface area contributed by atoms with Gasteiger partial charge >= 0.3 is 64.0 Å². The van der Waals surface area contributed by atoms with E-state index in [0.717, 1.165) is 88.9 Å². The molecule has 0 saturated carbocycles. The minimum absolute atomic E-state index is 0. The number of pyridine rings is 3. The molecule has 0 aliphatic carbocycles. The number of hydrogen-bond acceptors (Lipinski definition) is 16. The van der Waals surface area contributed by atoms with Gasteiger partial charge in [-0.3, -0.25) is 24.5 Å². The fourth-order valence-electron chi connectivity index (χ4n) is 18.4. The van der Waals surface area contributed by atoms with Crippen molar-refractivity contribution >= 4 is 114 Å². The van der Waals surface area contributed by atoms with Crippen LogP contribution >= 0.6 is 86.4 Å². The molecule has 0 radical (unpaired) electrons. The van der Waals surface area contributed by atoms with Crippen molar-refractivity contribution < 1.29 is 115 Å². The van der Waals surface area contributed by atoms with Crippen molar-refractivity contribution in [1.29, 1.82) is 0 Å². The first-order valence-corrected chi connectivity index (χ1v) is 42.2.